The Morgan fingerprint density at radius 3 is 2.60 bits per heavy atom. The van der Waals surface area contributed by atoms with E-state index in [4.69, 9.17) is 23.2 Å². The Morgan fingerprint density at radius 1 is 1.08 bits per heavy atom. The van der Waals surface area contributed by atoms with Gasteiger partial charge in [0.2, 0.25) is 5.91 Å². The van der Waals surface area contributed by atoms with Crippen LogP contribution in [0.25, 0.3) is 6.08 Å². The van der Waals surface area contributed by atoms with Crippen molar-refractivity contribution in [2.24, 2.45) is 0 Å². The Kier molecular flexibility index (Phi) is 5.82. The first-order valence-electron chi connectivity index (χ1n) is 8.58. The van der Waals surface area contributed by atoms with Gasteiger partial charge in [-0.25, -0.2) is 0 Å². The molecule has 0 heterocycles. The Bertz CT molecular complexity index is 814. The van der Waals surface area contributed by atoms with Gasteiger partial charge in [0, 0.05) is 16.1 Å². The summed E-state index contributed by atoms with van der Waals surface area (Å²) in [6, 6.07) is 11.7. The molecule has 1 unspecified atom stereocenters. The van der Waals surface area contributed by atoms with Crippen LogP contribution in [0.4, 0.5) is 0 Å². The molecule has 0 radical (unpaired) electrons. The highest BCUT2D eigenvalue weighted by atomic mass is 35.5. The Balaban J connectivity index is 1.65. The average Bonchev–Trinajstić information content (AvgIpc) is 2.60. The molecule has 130 valence electrons. The van der Waals surface area contributed by atoms with Gasteiger partial charge in [0.15, 0.2) is 0 Å². The number of rotatable bonds is 4. The lowest BCUT2D eigenvalue weighted by atomic mass is 9.89. The van der Waals surface area contributed by atoms with Crippen LogP contribution in [0, 0.1) is 0 Å². The molecule has 4 heteroatoms. The average molecular weight is 374 g/mol. The van der Waals surface area contributed by atoms with Crippen LogP contribution in [0.5, 0.6) is 0 Å². The summed E-state index contributed by atoms with van der Waals surface area (Å²) < 4.78 is 0. The van der Waals surface area contributed by atoms with E-state index in [1.54, 1.807) is 24.3 Å². The third-order valence-corrected chi connectivity index (χ3v) is 5.17. The molecular formula is C21H21Cl2NO. The van der Waals surface area contributed by atoms with Crippen molar-refractivity contribution in [1.82, 2.24) is 5.32 Å². The predicted molar refractivity (Wildman–Crippen MR) is 105 cm³/mol. The predicted octanol–water partition coefficient (Wildman–Crippen LogP) is 5.76. The number of hydrogen-bond donors (Lipinski definition) is 1. The van der Waals surface area contributed by atoms with Gasteiger partial charge in [-0.2, -0.15) is 0 Å². The van der Waals surface area contributed by atoms with E-state index in [2.05, 4.69) is 23.5 Å². The number of halogens is 2. The second-order valence-corrected chi connectivity index (χ2v) is 7.31. The minimum atomic E-state index is -0.142. The highest BCUT2D eigenvalue weighted by Crippen LogP contribution is 2.25. The van der Waals surface area contributed by atoms with E-state index in [9.17, 15) is 4.79 Å². The molecule has 1 aliphatic carbocycles. The molecule has 1 amide bonds. The zero-order valence-electron chi connectivity index (χ0n) is 14.2. The fourth-order valence-corrected chi connectivity index (χ4v) is 3.64. The van der Waals surface area contributed by atoms with Crippen LogP contribution in [-0.4, -0.2) is 5.91 Å². The van der Waals surface area contributed by atoms with Gasteiger partial charge in [-0.05, 0) is 73.1 Å². The SMILES string of the molecule is CC(NC(=O)/C=C/c1ccc(Cl)cc1Cl)c1ccc2c(c1)CCCC2. The second kappa shape index (κ2) is 8.07. The molecule has 0 saturated carbocycles. The van der Waals surface area contributed by atoms with E-state index in [0.717, 1.165) is 17.5 Å². The van der Waals surface area contributed by atoms with E-state index < -0.39 is 0 Å². The second-order valence-electron chi connectivity index (χ2n) is 6.46. The fourth-order valence-electron chi connectivity index (χ4n) is 3.17. The summed E-state index contributed by atoms with van der Waals surface area (Å²) in [4.78, 5) is 12.2. The van der Waals surface area contributed by atoms with Crippen molar-refractivity contribution in [3.8, 4) is 0 Å². The maximum atomic E-state index is 12.2. The molecule has 0 saturated heterocycles. The summed E-state index contributed by atoms with van der Waals surface area (Å²) in [5, 5.41) is 4.11. The number of amides is 1. The third-order valence-electron chi connectivity index (χ3n) is 4.61. The van der Waals surface area contributed by atoms with Crippen LogP contribution in [0.2, 0.25) is 10.0 Å². The van der Waals surface area contributed by atoms with Gasteiger partial charge >= 0.3 is 0 Å². The van der Waals surface area contributed by atoms with Gasteiger partial charge < -0.3 is 5.32 Å². The Morgan fingerprint density at radius 2 is 1.84 bits per heavy atom. The van der Waals surface area contributed by atoms with E-state index in [1.807, 2.05) is 6.92 Å². The molecule has 0 bridgehead atoms. The fraction of sp³-hybridized carbons (Fsp3) is 0.286. The van der Waals surface area contributed by atoms with Crippen LogP contribution in [-0.2, 0) is 17.6 Å². The number of hydrogen-bond acceptors (Lipinski definition) is 1. The van der Waals surface area contributed by atoms with Gasteiger partial charge in [-0.15, -0.1) is 0 Å². The third kappa shape index (κ3) is 4.65. The monoisotopic (exact) mass is 373 g/mol. The largest absolute Gasteiger partial charge is 0.346 e. The summed E-state index contributed by atoms with van der Waals surface area (Å²) in [5.74, 6) is -0.142. The quantitative estimate of drug-likeness (QED) is 0.677. The number of benzene rings is 2. The number of carbonyl (C=O) groups excluding carboxylic acids is 1. The van der Waals surface area contributed by atoms with Crippen molar-refractivity contribution < 1.29 is 4.79 Å². The summed E-state index contributed by atoms with van der Waals surface area (Å²) in [7, 11) is 0. The molecule has 2 aromatic rings. The van der Waals surface area contributed by atoms with Gasteiger partial charge in [0.1, 0.15) is 0 Å². The highest BCUT2D eigenvalue weighted by molar-refractivity contribution is 6.35. The lowest BCUT2D eigenvalue weighted by Gasteiger charge is -2.19. The topological polar surface area (TPSA) is 29.1 Å². The molecule has 2 nitrogen and oxygen atoms in total. The first-order valence-corrected chi connectivity index (χ1v) is 9.34. The lowest BCUT2D eigenvalue weighted by Crippen LogP contribution is -2.24. The molecule has 0 aliphatic heterocycles. The molecule has 2 aromatic carbocycles. The molecule has 1 N–H and O–H groups in total. The Hall–Kier alpha value is -1.77. The lowest BCUT2D eigenvalue weighted by molar-refractivity contribution is -0.117. The number of carbonyl (C=O) groups is 1. The molecule has 0 fully saturated rings. The maximum absolute atomic E-state index is 12.2. The van der Waals surface area contributed by atoms with Crippen LogP contribution in [0.15, 0.2) is 42.5 Å². The zero-order valence-corrected chi connectivity index (χ0v) is 15.7. The van der Waals surface area contributed by atoms with Crippen molar-refractivity contribution in [3.05, 3.63) is 74.8 Å². The Labute approximate surface area is 158 Å². The van der Waals surface area contributed by atoms with Crippen molar-refractivity contribution in [2.75, 3.05) is 0 Å². The molecule has 1 aliphatic rings. The van der Waals surface area contributed by atoms with Crippen molar-refractivity contribution in [3.63, 3.8) is 0 Å². The van der Waals surface area contributed by atoms with E-state index >= 15 is 0 Å². The smallest absolute Gasteiger partial charge is 0.244 e. The summed E-state index contributed by atoms with van der Waals surface area (Å²) in [6.45, 7) is 2.01. The van der Waals surface area contributed by atoms with E-state index in [-0.39, 0.29) is 11.9 Å². The van der Waals surface area contributed by atoms with Crippen molar-refractivity contribution in [2.45, 2.75) is 38.6 Å². The first kappa shape index (κ1) is 18.0. The summed E-state index contributed by atoms with van der Waals surface area (Å²) >= 11 is 12.0. The van der Waals surface area contributed by atoms with Gasteiger partial charge in [-0.1, -0.05) is 47.5 Å². The number of nitrogens with one attached hydrogen (secondary N) is 1. The van der Waals surface area contributed by atoms with Gasteiger partial charge in [0.05, 0.1) is 6.04 Å². The first-order chi connectivity index (χ1) is 12.0. The van der Waals surface area contributed by atoms with E-state index in [0.29, 0.717) is 10.0 Å². The molecule has 0 spiro atoms. The van der Waals surface area contributed by atoms with Crippen molar-refractivity contribution in [1.29, 1.82) is 0 Å². The van der Waals surface area contributed by atoms with Crippen LogP contribution in [0.1, 0.15) is 48.1 Å². The normalized spacial score (nSPS) is 15.0. The maximum Gasteiger partial charge on any atom is 0.244 e. The summed E-state index contributed by atoms with van der Waals surface area (Å²) in [6.07, 6.45) is 8.04. The van der Waals surface area contributed by atoms with Crippen LogP contribution in [0.3, 0.4) is 0 Å². The standard InChI is InChI=1S/C21H21Cl2NO/c1-14(17-7-6-15-4-2-3-5-18(15)12-17)24-21(25)11-9-16-8-10-19(22)13-20(16)23/h6-14H,2-5H2,1H3,(H,24,25)/b11-9+. The number of fused-ring (bicyclic) bond motifs is 1. The van der Waals surface area contributed by atoms with Gasteiger partial charge in [-0.3, -0.25) is 4.79 Å². The van der Waals surface area contributed by atoms with Crippen molar-refractivity contribution >= 4 is 35.2 Å². The number of aryl methyl sites for hydroxylation is 2. The summed E-state index contributed by atoms with van der Waals surface area (Å²) in [5.41, 5.74) is 4.79. The van der Waals surface area contributed by atoms with Crippen LogP contribution < -0.4 is 5.32 Å². The molecule has 0 aromatic heterocycles. The minimum Gasteiger partial charge on any atom is -0.346 e. The van der Waals surface area contributed by atoms with Crippen LogP contribution >= 0.6 is 23.2 Å². The zero-order chi connectivity index (χ0) is 17.8. The minimum absolute atomic E-state index is 0.0370. The highest BCUT2D eigenvalue weighted by Gasteiger charge is 2.13. The van der Waals surface area contributed by atoms with Gasteiger partial charge in [0.25, 0.3) is 0 Å². The molecule has 1 atom stereocenters. The molecule has 3 rings (SSSR count). The van der Waals surface area contributed by atoms with E-state index in [1.165, 1.54) is 36.5 Å². The molecule has 25 heavy (non-hydrogen) atoms. The molecular weight excluding hydrogens is 353 g/mol.